The van der Waals surface area contributed by atoms with Crippen LogP contribution in [0.5, 0.6) is 0 Å². The van der Waals surface area contributed by atoms with Crippen LogP contribution >= 0.6 is 15.9 Å². The van der Waals surface area contributed by atoms with Crippen LogP contribution in [-0.4, -0.2) is 11.4 Å². The highest BCUT2D eigenvalue weighted by Crippen LogP contribution is 2.14. The second kappa shape index (κ2) is 3.88. The molecule has 0 aromatic heterocycles. The van der Waals surface area contributed by atoms with Crippen molar-refractivity contribution in [2.75, 3.05) is 0 Å². The summed E-state index contributed by atoms with van der Waals surface area (Å²) in [5, 5.41) is 19.8. The number of halogens is 1. The topological polar surface area (TPSA) is 56.4 Å². The summed E-state index contributed by atoms with van der Waals surface area (Å²) in [6.45, 7) is 0. The fraction of sp³-hybridized carbons (Fsp3) is 0. The van der Waals surface area contributed by atoms with Gasteiger partial charge in [0.2, 0.25) is 0 Å². The van der Waals surface area contributed by atoms with Gasteiger partial charge >= 0.3 is 0 Å². The minimum absolute atomic E-state index is 0.482. The zero-order chi connectivity index (χ0) is 8.97. The average molecular weight is 225 g/mol. The van der Waals surface area contributed by atoms with Crippen LogP contribution in [0, 0.1) is 11.3 Å². The second-order valence-corrected chi connectivity index (χ2v) is 3.00. The maximum absolute atomic E-state index is 8.63. The maximum Gasteiger partial charge on any atom is 0.0998 e. The Labute approximate surface area is 78.1 Å². The van der Waals surface area contributed by atoms with Crippen LogP contribution < -0.4 is 0 Å². The van der Waals surface area contributed by atoms with E-state index < -0.39 is 0 Å². The van der Waals surface area contributed by atoms with Gasteiger partial charge < -0.3 is 5.21 Å². The van der Waals surface area contributed by atoms with E-state index in [4.69, 9.17) is 10.5 Å². The highest BCUT2D eigenvalue weighted by atomic mass is 79.9. The third-order valence-electron chi connectivity index (χ3n) is 1.33. The summed E-state index contributed by atoms with van der Waals surface area (Å²) in [4.78, 5) is 0. The first-order valence-electron chi connectivity index (χ1n) is 3.15. The Kier molecular flexibility index (Phi) is 2.83. The zero-order valence-electron chi connectivity index (χ0n) is 6.03. The molecule has 3 nitrogen and oxygen atoms in total. The monoisotopic (exact) mass is 224 g/mol. The van der Waals surface area contributed by atoms with Gasteiger partial charge in [0, 0.05) is 10.0 Å². The molecule has 0 amide bonds. The van der Waals surface area contributed by atoms with Crippen molar-refractivity contribution in [3.63, 3.8) is 0 Å². The Hall–Kier alpha value is -1.34. The summed E-state index contributed by atoms with van der Waals surface area (Å²) in [6.07, 6.45) is 1.23. The van der Waals surface area contributed by atoms with Gasteiger partial charge in [-0.05, 0) is 18.2 Å². The molecule has 0 unspecified atom stereocenters. The van der Waals surface area contributed by atoms with Crippen molar-refractivity contribution >= 4 is 22.1 Å². The van der Waals surface area contributed by atoms with E-state index in [2.05, 4.69) is 21.1 Å². The third kappa shape index (κ3) is 1.83. The summed E-state index contributed by atoms with van der Waals surface area (Å²) in [5.74, 6) is 0. The van der Waals surface area contributed by atoms with E-state index in [9.17, 15) is 0 Å². The molecule has 1 aromatic rings. The molecule has 0 aliphatic rings. The highest BCUT2D eigenvalue weighted by Gasteiger charge is 1.99. The minimum Gasteiger partial charge on any atom is -0.411 e. The Morgan fingerprint density at radius 3 is 2.92 bits per heavy atom. The van der Waals surface area contributed by atoms with E-state index in [1.807, 2.05) is 6.07 Å². The molecule has 0 aliphatic carbocycles. The molecule has 0 radical (unpaired) electrons. The zero-order valence-corrected chi connectivity index (χ0v) is 7.62. The van der Waals surface area contributed by atoms with Crippen molar-refractivity contribution < 1.29 is 5.21 Å². The van der Waals surface area contributed by atoms with Crippen LogP contribution in [0.1, 0.15) is 11.1 Å². The summed E-state index contributed by atoms with van der Waals surface area (Å²) < 4.78 is 0.844. The normalized spacial score (nSPS) is 10.0. The van der Waals surface area contributed by atoms with Crippen molar-refractivity contribution in [2.24, 2.45) is 5.16 Å². The van der Waals surface area contributed by atoms with E-state index in [1.54, 1.807) is 18.2 Å². The van der Waals surface area contributed by atoms with Gasteiger partial charge in [-0.25, -0.2) is 0 Å². The van der Waals surface area contributed by atoms with Gasteiger partial charge in [0.05, 0.1) is 17.8 Å². The maximum atomic E-state index is 8.63. The number of rotatable bonds is 1. The lowest BCUT2D eigenvalue weighted by Crippen LogP contribution is -1.87. The predicted octanol–water partition coefficient (Wildman–Crippen LogP) is 2.13. The average Bonchev–Trinajstić information content (AvgIpc) is 2.05. The van der Waals surface area contributed by atoms with Crippen molar-refractivity contribution in [3.05, 3.63) is 33.8 Å². The van der Waals surface area contributed by atoms with Crippen LogP contribution in [-0.2, 0) is 0 Å². The van der Waals surface area contributed by atoms with E-state index in [0.29, 0.717) is 11.1 Å². The van der Waals surface area contributed by atoms with E-state index in [-0.39, 0.29) is 0 Å². The van der Waals surface area contributed by atoms with E-state index in [0.717, 1.165) is 4.47 Å². The van der Waals surface area contributed by atoms with Crippen LogP contribution in [0.4, 0.5) is 0 Å². The molecule has 0 saturated heterocycles. The molecule has 0 aliphatic heterocycles. The molecule has 0 saturated carbocycles. The molecule has 1 rings (SSSR count). The quantitative estimate of drug-likeness (QED) is 0.452. The second-order valence-electron chi connectivity index (χ2n) is 2.09. The lowest BCUT2D eigenvalue weighted by molar-refractivity contribution is 0.322. The molecule has 12 heavy (non-hydrogen) atoms. The Balaban J connectivity index is 3.24. The number of nitrogens with zero attached hydrogens (tertiary/aromatic N) is 2. The van der Waals surface area contributed by atoms with Crippen molar-refractivity contribution in [3.8, 4) is 6.07 Å². The molecule has 0 spiro atoms. The summed E-state index contributed by atoms with van der Waals surface area (Å²) in [7, 11) is 0. The molecule has 1 aromatic carbocycles. The molecule has 60 valence electrons. The summed E-state index contributed by atoms with van der Waals surface area (Å²) >= 11 is 3.24. The van der Waals surface area contributed by atoms with Gasteiger partial charge in [0.1, 0.15) is 0 Å². The number of hydrogen-bond donors (Lipinski definition) is 1. The third-order valence-corrected chi connectivity index (χ3v) is 1.82. The standard InChI is InChI=1S/C8H5BrN2O/c9-8-2-1-6(4-10)7(3-8)5-11-12/h1-3,5,12H. The molecular weight excluding hydrogens is 220 g/mol. The number of hydrogen-bond acceptors (Lipinski definition) is 3. The smallest absolute Gasteiger partial charge is 0.0998 e. The van der Waals surface area contributed by atoms with Crippen LogP contribution in [0.15, 0.2) is 27.8 Å². The molecule has 4 heteroatoms. The van der Waals surface area contributed by atoms with Crippen LogP contribution in [0.3, 0.4) is 0 Å². The highest BCUT2D eigenvalue weighted by molar-refractivity contribution is 9.10. The van der Waals surface area contributed by atoms with Crippen molar-refractivity contribution in [1.82, 2.24) is 0 Å². The van der Waals surface area contributed by atoms with Crippen LogP contribution in [0.2, 0.25) is 0 Å². The Morgan fingerprint density at radius 2 is 2.33 bits per heavy atom. The van der Waals surface area contributed by atoms with Crippen LogP contribution in [0.25, 0.3) is 0 Å². The fourth-order valence-corrected chi connectivity index (χ4v) is 1.18. The molecule has 0 atom stereocenters. The Morgan fingerprint density at radius 1 is 1.58 bits per heavy atom. The van der Waals surface area contributed by atoms with Gasteiger partial charge in [-0.1, -0.05) is 21.1 Å². The van der Waals surface area contributed by atoms with Gasteiger partial charge in [-0.3, -0.25) is 0 Å². The summed E-state index contributed by atoms with van der Waals surface area (Å²) in [6, 6.07) is 7.10. The number of nitriles is 1. The first-order valence-corrected chi connectivity index (χ1v) is 3.94. The first kappa shape index (κ1) is 8.75. The summed E-state index contributed by atoms with van der Waals surface area (Å²) in [5.41, 5.74) is 1.07. The molecular formula is C8H5BrN2O. The first-order chi connectivity index (χ1) is 5.77. The van der Waals surface area contributed by atoms with Crippen molar-refractivity contribution in [1.29, 1.82) is 5.26 Å². The molecule has 0 heterocycles. The van der Waals surface area contributed by atoms with Gasteiger partial charge in [0.25, 0.3) is 0 Å². The molecule has 1 N–H and O–H groups in total. The number of benzene rings is 1. The molecule has 0 fully saturated rings. The van der Waals surface area contributed by atoms with E-state index in [1.165, 1.54) is 6.21 Å². The lowest BCUT2D eigenvalue weighted by Gasteiger charge is -1.95. The van der Waals surface area contributed by atoms with E-state index >= 15 is 0 Å². The van der Waals surface area contributed by atoms with Crippen molar-refractivity contribution in [2.45, 2.75) is 0 Å². The van der Waals surface area contributed by atoms with Gasteiger partial charge in [-0.2, -0.15) is 5.26 Å². The Bertz CT molecular complexity index is 355. The number of oxime groups is 1. The fourth-order valence-electron chi connectivity index (χ4n) is 0.804. The predicted molar refractivity (Wildman–Crippen MR) is 48.2 cm³/mol. The largest absolute Gasteiger partial charge is 0.411 e. The lowest BCUT2D eigenvalue weighted by atomic mass is 10.1. The molecule has 0 bridgehead atoms. The minimum atomic E-state index is 0.482. The van der Waals surface area contributed by atoms with Gasteiger partial charge in [0.15, 0.2) is 0 Å². The van der Waals surface area contributed by atoms with Gasteiger partial charge in [-0.15, -0.1) is 0 Å². The SMILES string of the molecule is N#Cc1ccc(Br)cc1C=NO.